The van der Waals surface area contributed by atoms with Crippen LogP contribution in [0.4, 0.5) is 0 Å². The van der Waals surface area contributed by atoms with Gasteiger partial charge in [0.15, 0.2) is 5.82 Å². The fourth-order valence-corrected chi connectivity index (χ4v) is 1.70. The van der Waals surface area contributed by atoms with Gasteiger partial charge in [-0.25, -0.2) is 0 Å². The number of hydrogen-bond donors (Lipinski definition) is 1. The lowest BCUT2D eigenvalue weighted by Gasteiger charge is -2.19. The molecule has 1 atom stereocenters. The third kappa shape index (κ3) is 2.49. The molecule has 1 aromatic heterocycles. The Morgan fingerprint density at radius 1 is 1.56 bits per heavy atom. The van der Waals surface area contributed by atoms with E-state index in [2.05, 4.69) is 20.6 Å². The molecule has 0 fully saturated rings. The highest BCUT2D eigenvalue weighted by Gasteiger charge is 2.40. The van der Waals surface area contributed by atoms with Gasteiger partial charge in [0.1, 0.15) is 0 Å². The van der Waals surface area contributed by atoms with Crippen LogP contribution in [0.3, 0.4) is 0 Å². The molecule has 1 amide bonds. The van der Waals surface area contributed by atoms with Crippen molar-refractivity contribution in [3.05, 3.63) is 11.7 Å². The molecular formula is C11H16N4O3. The number of carbonyl (C=O) groups excluding carboxylic acids is 1. The number of aromatic nitrogens is 2. The van der Waals surface area contributed by atoms with Crippen molar-refractivity contribution in [3.8, 4) is 0 Å². The Balaban J connectivity index is 1.89. The van der Waals surface area contributed by atoms with Crippen LogP contribution in [0.5, 0.6) is 0 Å². The van der Waals surface area contributed by atoms with Crippen molar-refractivity contribution in [1.82, 2.24) is 15.5 Å². The summed E-state index contributed by atoms with van der Waals surface area (Å²) in [6, 6.07) is 0. The number of amides is 1. The van der Waals surface area contributed by atoms with E-state index in [1.165, 1.54) is 0 Å². The maximum absolute atomic E-state index is 12.0. The zero-order chi connectivity index (χ0) is 13.2. The first-order valence-electron chi connectivity index (χ1n) is 5.85. The van der Waals surface area contributed by atoms with Crippen molar-refractivity contribution in [2.24, 2.45) is 5.16 Å². The minimum atomic E-state index is -0.933. The van der Waals surface area contributed by atoms with Gasteiger partial charge >= 0.3 is 0 Å². The maximum Gasteiger partial charge on any atom is 0.267 e. The van der Waals surface area contributed by atoms with Gasteiger partial charge in [-0.2, -0.15) is 4.98 Å². The third-order valence-electron chi connectivity index (χ3n) is 2.70. The van der Waals surface area contributed by atoms with Crippen LogP contribution in [0.25, 0.3) is 0 Å². The third-order valence-corrected chi connectivity index (χ3v) is 2.70. The summed E-state index contributed by atoms with van der Waals surface area (Å²) in [6.45, 7) is 5.66. The lowest BCUT2D eigenvalue weighted by Crippen LogP contribution is -2.44. The molecule has 18 heavy (non-hydrogen) atoms. The molecule has 98 valence electrons. The van der Waals surface area contributed by atoms with Gasteiger partial charge in [0.05, 0.1) is 12.3 Å². The molecule has 7 heteroatoms. The van der Waals surface area contributed by atoms with Crippen LogP contribution < -0.4 is 5.32 Å². The monoisotopic (exact) mass is 252 g/mol. The quantitative estimate of drug-likeness (QED) is 0.856. The van der Waals surface area contributed by atoms with Gasteiger partial charge in [-0.3, -0.25) is 4.79 Å². The zero-order valence-corrected chi connectivity index (χ0v) is 10.7. The van der Waals surface area contributed by atoms with E-state index >= 15 is 0 Å². The molecule has 0 saturated carbocycles. The average Bonchev–Trinajstić information content (AvgIpc) is 2.94. The van der Waals surface area contributed by atoms with E-state index in [1.54, 1.807) is 6.92 Å². The molecule has 0 bridgehead atoms. The highest BCUT2D eigenvalue weighted by atomic mass is 16.7. The second-order valence-electron chi connectivity index (χ2n) is 4.47. The fourth-order valence-electron chi connectivity index (χ4n) is 1.70. The van der Waals surface area contributed by atoms with Crippen molar-refractivity contribution < 1.29 is 14.2 Å². The van der Waals surface area contributed by atoms with Gasteiger partial charge < -0.3 is 14.7 Å². The summed E-state index contributed by atoms with van der Waals surface area (Å²) in [5.74, 6) is 0.778. The Morgan fingerprint density at radius 3 is 2.89 bits per heavy atom. The molecule has 0 unspecified atom stereocenters. The van der Waals surface area contributed by atoms with Crippen molar-refractivity contribution in [2.45, 2.75) is 45.8 Å². The van der Waals surface area contributed by atoms with E-state index in [0.29, 0.717) is 24.6 Å². The van der Waals surface area contributed by atoms with Gasteiger partial charge in [0.2, 0.25) is 11.5 Å². The van der Waals surface area contributed by atoms with Crippen LogP contribution in [0.15, 0.2) is 9.68 Å². The summed E-state index contributed by atoms with van der Waals surface area (Å²) in [4.78, 5) is 21.2. The molecule has 0 saturated heterocycles. The molecule has 1 N–H and O–H groups in total. The zero-order valence-electron chi connectivity index (χ0n) is 10.7. The van der Waals surface area contributed by atoms with Crippen LogP contribution in [-0.2, 0) is 22.6 Å². The van der Waals surface area contributed by atoms with Gasteiger partial charge in [-0.15, -0.1) is 0 Å². The molecule has 0 aromatic carbocycles. The summed E-state index contributed by atoms with van der Waals surface area (Å²) in [5.41, 5.74) is -0.128. The number of carbonyl (C=O) groups is 1. The van der Waals surface area contributed by atoms with Crippen LogP contribution >= 0.6 is 0 Å². The van der Waals surface area contributed by atoms with Crippen molar-refractivity contribution in [1.29, 1.82) is 0 Å². The Morgan fingerprint density at radius 2 is 2.33 bits per heavy atom. The summed E-state index contributed by atoms with van der Waals surface area (Å²) in [7, 11) is 0. The normalized spacial score (nSPS) is 22.5. The smallest absolute Gasteiger partial charge is 0.267 e. The fraction of sp³-hybridized carbons (Fsp3) is 0.636. The predicted molar refractivity (Wildman–Crippen MR) is 62.7 cm³/mol. The first-order valence-corrected chi connectivity index (χ1v) is 5.85. The number of nitrogens with zero attached hydrogens (tertiary/aromatic N) is 3. The van der Waals surface area contributed by atoms with Crippen molar-refractivity contribution in [3.63, 3.8) is 0 Å². The van der Waals surface area contributed by atoms with E-state index in [4.69, 9.17) is 9.36 Å². The first kappa shape index (κ1) is 12.5. The first-order chi connectivity index (χ1) is 8.53. The summed E-state index contributed by atoms with van der Waals surface area (Å²) >= 11 is 0. The SMILES string of the molecule is CCc1noc(CNC(=O)[C@@]2(C)CC(C)=NO2)n1. The maximum atomic E-state index is 12.0. The van der Waals surface area contributed by atoms with Gasteiger partial charge in [-0.1, -0.05) is 17.2 Å². The van der Waals surface area contributed by atoms with Crippen molar-refractivity contribution >= 4 is 11.6 Å². The Kier molecular flexibility index (Phi) is 3.31. The van der Waals surface area contributed by atoms with Gasteiger partial charge in [0, 0.05) is 12.8 Å². The summed E-state index contributed by atoms with van der Waals surface area (Å²) in [6.07, 6.45) is 1.19. The second-order valence-corrected chi connectivity index (χ2v) is 4.47. The Labute approximate surface area is 105 Å². The molecule has 2 heterocycles. The summed E-state index contributed by atoms with van der Waals surface area (Å²) < 4.78 is 4.98. The predicted octanol–water partition coefficient (Wildman–Crippen LogP) is 0.803. The summed E-state index contributed by atoms with van der Waals surface area (Å²) in [5, 5.41) is 10.2. The minimum absolute atomic E-state index is 0.198. The van der Waals surface area contributed by atoms with E-state index in [1.807, 2.05) is 13.8 Å². The number of aryl methyl sites for hydroxylation is 1. The molecule has 1 aromatic rings. The highest BCUT2D eigenvalue weighted by molar-refractivity contribution is 5.94. The van der Waals surface area contributed by atoms with Crippen LogP contribution in [0.2, 0.25) is 0 Å². The minimum Gasteiger partial charge on any atom is -0.379 e. The van der Waals surface area contributed by atoms with Crippen molar-refractivity contribution in [2.75, 3.05) is 0 Å². The largest absolute Gasteiger partial charge is 0.379 e. The van der Waals surface area contributed by atoms with Crippen LogP contribution in [-0.4, -0.2) is 27.4 Å². The number of oxime groups is 1. The number of rotatable bonds is 4. The lowest BCUT2D eigenvalue weighted by atomic mass is 9.99. The van der Waals surface area contributed by atoms with E-state index in [9.17, 15) is 4.79 Å². The lowest BCUT2D eigenvalue weighted by molar-refractivity contribution is -0.142. The molecule has 1 aliphatic heterocycles. The number of hydrogen-bond acceptors (Lipinski definition) is 6. The Hall–Kier alpha value is -1.92. The van der Waals surface area contributed by atoms with E-state index in [-0.39, 0.29) is 12.5 Å². The standard InChI is InChI=1S/C11H16N4O3/c1-4-8-13-9(17-15-8)6-12-10(16)11(3)5-7(2)14-18-11/h4-6H2,1-3H3,(H,12,16)/t11-/m1/s1. The molecular weight excluding hydrogens is 236 g/mol. The average molecular weight is 252 g/mol. The topological polar surface area (TPSA) is 89.6 Å². The van der Waals surface area contributed by atoms with E-state index < -0.39 is 5.60 Å². The highest BCUT2D eigenvalue weighted by Crippen LogP contribution is 2.23. The van der Waals surface area contributed by atoms with Crippen LogP contribution in [0.1, 0.15) is 38.9 Å². The second kappa shape index (κ2) is 4.75. The molecule has 2 rings (SSSR count). The molecule has 0 aliphatic carbocycles. The molecule has 1 aliphatic rings. The Bertz CT molecular complexity index is 482. The molecule has 7 nitrogen and oxygen atoms in total. The van der Waals surface area contributed by atoms with E-state index in [0.717, 1.165) is 5.71 Å². The van der Waals surface area contributed by atoms with Gasteiger partial charge in [0.25, 0.3) is 5.91 Å². The van der Waals surface area contributed by atoms with Crippen LogP contribution in [0, 0.1) is 0 Å². The number of nitrogens with one attached hydrogen (secondary N) is 1. The molecule has 0 radical (unpaired) electrons. The van der Waals surface area contributed by atoms with Gasteiger partial charge in [-0.05, 0) is 13.8 Å². The molecule has 0 spiro atoms.